The summed E-state index contributed by atoms with van der Waals surface area (Å²) in [6, 6.07) is 0. The first-order valence-corrected chi connectivity index (χ1v) is 7.83. The normalized spacial score (nSPS) is 41.5. The summed E-state index contributed by atoms with van der Waals surface area (Å²) in [6.45, 7) is 7.07. The van der Waals surface area contributed by atoms with Crippen molar-refractivity contribution < 1.29 is 14.3 Å². The van der Waals surface area contributed by atoms with Crippen molar-refractivity contribution in [3.05, 3.63) is 12.2 Å². The fourth-order valence-corrected chi connectivity index (χ4v) is 5.19. The van der Waals surface area contributed by atoms with Crippen LogP contribution in [0.1, 0.15) is 46.0 Å². The van der Waals surface area contributed by atoms with Crippen molar-refractivity contribution in [2.75, 3.05) is 0 Å². The molecule has 110 valence electrons. The average molecular weight is 276 g/mol. The Balaban J connectivity index is 1.66. The minimum Gasteiger partial charge on any atom is -0.459 e. The zero-order chi connectivity index (χ0) is 14.4. The van der Waals surface area contributed by atoms with Gasteiger partial charge in [-0.05, 0) is 63.2 Å². The molecule has 0 aliphatic heterocycles. The second kappa shape index (κ2) is 5.01. The number of carbonyl (C=O) groups excluding carboxylic acids is 2. The number of rotatable bonds is 4. The van der Waals surface area contributed by atoms with Crippen LogP contribution >= 0.6 is 0 Å². The Hall–Kier alpha value is -1.12. The third-order valence-electron chi connectivity index (χ3n) is 5.74. The molecular formula is C17H24O3. The molecule has 6 unspecified atom stereocenters. The topological polar surface area (TPSA) is 43.4 Å². The molecule has 0 amide bonds. The molecule has 20 heavy (non-hydrogen) atoms. The number of hydrogen-bond donors (Lipinski definition) is 0. The Labute approximate surface area is 120 Å². The Morgan fingerprint density at radius 1 is 1.15 bits per heavy atom. The maximum Gasteiger partial charge on any atom is 0.333 e. The molecule has 0 aromatic carbocycles. The van der Waals surface area contributed by atoms with E-state index < -0.39 is 0 Å². The van der Waals surface area contributed by atoms with E-state index in [0.717, 1.165) is 25.7 Å². The molecule has 3 aliphatic carbocycles. The summed E-state index contributed by atoms with van der Waals surface area (Å²) in [5.74, 6) is 3.27. The van der Waals surface area contributed by atoms with Crippen LogP contribution in [0.3, 0.4) is 0 Å². The summed E-state index contributed by atoms with van der Waals surface area (Å²) < 4.78 is 5.65. The van der Waals surface area contributed by atoms with Gasteiger partial charge in [-0.15, -0.1) is 0 Å². The average Bonchev–Trinajstić information content (AvgIpc) is 3.00. The summed E-state index contributed by atoms with van der Waals surface area (Å²) >= 11 is 0. The highest BCUT2D eigenvalue weighted by molar-refractivity contribution is 5.87. The second-order valence-electron chi connectivity index (χ2n) is 7.10. The lowest BCUT2D eigenvalue weighted by Gasteiger charge is -2.33. The SMILES string of the molecule is C=C(C)C(=O)OC1CCC2C3CC(CC3CC(C)=O)C12. The van der Waals surface area contributed by atoms with Crippen molar-refractivity contribution in [1.29, 1.82) is 0 Å². The van der Waals surface area contributed by atoms with Gasteiger partial charge in [0, 0.05) is 17.9 Å². The van der Waals surface area contributed by atoms with Gasteiger partial charge >= 0.3 is 5.97 Å². The molecule has 0 spiro atoms. The number of hydrogen-bond acceptors (Lipinski definition) is 3. The lowest BCUT2D eigenvalue weighted by molar-refractivity contribution is -0.147. The molecule has 0 radical (unpaired) electrons. The molecule has 0 aromatic heterocycles. The summed E-state index contributed by atoms with van der Waals surface area (Å²) in [5, 5.41) is 0. The van der Waals surface area contributed by atoms with Crippen LogP contribution in [0.25, 0.3) is 0 Å². The number of carbonyl (C=O) groups is 2. The van der Waals surface area contributed by atoms with E-state index >= 15 is 0 Å². The summed E-state index contributed by atoms with van der Waals surface area (Å²) in [5.41, 5.74) is 0.492. The van der Waals surface area contributed by atoms with E-state index in [9.17, 15) is 9.59 Å². The molecule has 3 aliphatic rings. The van der Waals surface area contributed by atoms with Crippen LogP contribution in [0.2, 0.25) is 0 Å². The maximum atomic E-state index is 11.7. The van der Waals surface area contributed by atoms with Crippen LogP contribution in [-0.4, -0.2) is 17.9 Å². The highest BCUT2D eigenvalue weighted by Crippen LogP contribution is 2.62. The van der Waals surface area contributed by atoms with Gasteiger partial charge in [0.25, 0.3) is 0 Å². The number of ether oxygens (including phenoxy) is 1. The van der Waals surface area contributed by atoms with Gasteiger partial charge in [-0.2, -0.15) is 0 Å². The van der Waals surface area contributed by atoms with E-state index in [0.29, 0.717) is 40.9 Å². The molecule has 3 heteroatoms. The molecule has 0 aromatic rings. The Bertz CT molecular complexity index is 453. The van der Waals surface area contributed by atoms with Crippen LogP contribution < -0.4 is 0 Å². The van der Waals surface area contributed by atoms with E-state index in [1.807, 2.05) is 0 Å². The lowest BCUT2D eigenvalue weighted by Crippen LogP contribution is -2.32. The molecule has 0 N–H and O–H groups in total. The third kappa shape index (κ3) is 2.21. The fourth-order valence-electron chi connectivity index (χ4n) is 5.19. The quantitative estimate of drug-likeness (QED) is 0.585. The van der Waals surface area contributed by atoms with Gasteiger partial charge < -0.3 is 9.53 Å². The van der Waals surface area contributed by atoms with E-state index in [4.69, 9.17) is 4.74 Å². The summed E-state index contributed by atoms with van der Waals surface area (Å²) in [4.78, 5) is 23.1. The first kappa shape index (κ1) is 13.8. The zero-order valence-electron chi connectivity index (χ0n) is 12.4. The van der Waals surface area contributed by atoms with Crippen molar-refractivity contribution in [1.82, 2.24) is 0 Å². The predicted molar refractivity (Wildman–Crippen MR) is 75.9 cm³/mol. The van der Waals surface area contributed by atoms with Crippen LogP contribution in [0.5, 0.6) is 0 Å². The molecule has 2 bridgehead atoms. The Kier molecular flexibility index (Phi) is 3.47. The minimum atomic E-state index is -0.237. The van der Waals surface area contributed by atoms with Gasteiger partial charge in [0.1, 0.15) is 11.9 Å². The summed E-state index contributed by atoms with van der Waals surface area (Å²) in [6.07, 6.45) is 5.40. The van der Waals surface area contributed by atoms with Crippen LogP contribution in [0.15, 0.2) is 12.2 Å². The molecule has 3 rings (SSSR count). The van der Waals surface area contributed by atoms with Crippen molar-refractivity contribution in [3.8, 4) is 0 Å². The Morgan fingerprint density at radius 2 is 1.90 bits per heavy atom. The molecule has 3 fully saturated rings. The number of fused-ring (bicyclic) bond motifs is 5. The zero-order valence-corrected chi connectivity index (χ0v) is 12.4. The predicted octanol–water partition coefficient (Wildman–Crippen LogP) is 3.14. The first-order valence-electron chi connectivity index (χ1n) is 7.83. The number of Topliss-reactive ketones (excluding diaryl/α,β-unsaturated/α-hetero) is 1. The fraction of sp³-hybridized carbons (Fsp3) is 0.765. The third-order valence-corrected chi connectivity index (χ3v) is 5.74. The highest BCUT2D eigenvalue weighted by atomic mass is 16.5. The van der Waals surface area contributed by atoms with Crippen molar-refractivity contribution in [2.24, 2.45) is 29.6 Å². The first-order chi connectivity index (χ1) is 9.47. The van der Waals surface area contributed by atoms with E-state index in [-0.39, 0.29) is 12.1 Å². The standard InChI is InChI=1S/C17H24O3/c1-9(2)17(19)20-15-5-4-13-14-8-12(16(13)15)7-11(14)6-10(3)18/h11-16H,1,4-8H2,2-3H3. The van der Waals surface area contributed by atoms with Gasteiger partial charge in [-0.3, -0.25) is 0 Å². The monoisotopic (exact) mass is 276 g/mol. The summed E-state index contributed by atoms with van der Waals surface area (Å²) in [7, 11) is 0. The van der Waals surface area contributed by atoms with Crippen molar-refractivity contribution in [2.45, 2.75) is 52.1 Å². The smallest absolute Gasteiger partial charge is 0.333 e. The van der Waals surface area contributed by atoms with Gasteiger partial charge in [0.05, 0.1) is 0 Å². The molecule has 0 heterocycles. The van der Waals surface area contributed by atoms with Crippen LogP contribution in [0, 0.1) is 29.6 Å². The van der Waals surface area contributed by atoms with Crippen LogP contribution in [-0.2, 0) is 14.3 Å². The lowest BCUT2D eigenvalue weighted by atomic mass is 9.73. The minimum absolute atomic E-state index is 0.0949. The van der Waals surface area contributed by atoms with E-state index in [1.165, 1.54) is 6.42 Å². The van der Waals surface area contributed by atoms with Crippen LogP contribution in [0.4, 0.5) is 0 Å². The van der Waals surface area contributed by atoms with Gasteiger partial charge in [-0.25, -0.2) is 4.79 Å². The maximum absolute atomic E-state index is 11.7. The number of ketones is 1. The van der Waals surface area contributed by atoms with Crippen molar-refractivity contribution >= 4 is 11.8 Å². The van der Waals surface area contributed by atoms with Gasteiger partial charge in [-0.1, -0.05) is 6.58 Å². The largest absolute Gasteiger partial charge is 0.459 e. The van der Waals surface area contributed by atoms with Gasteiger partial charge in [0.15, 0.2) is 0 Å². The second-order valence-corrected chi connectivity index (χ2v) is 7.10. The van der Waals surface area contributed by atoms with Gasteiger partial charge in [0.2, 0.25) is 0 Å². The molecule has 3 nitrogen and oxygen atoms in total. The van der Waals surface area contributed by atoms with E-state index in [2.05, 4.69) is 6.58 Å². The molecule has 6 atom stereocenters. The molecule has 0 saturated heterocycles. The molecular weight excluding hydrogens is 252 g/mol. The van der Waals surface area contributed by atoms with Crippen molar-refractivity contribution in [3.63, 3.8) is 0 Å². The number of esters is 1. The molecule has 3 saturated carbocycles. The van der Waals surface area contributed by atoms with E-state index in [1.54, 1.807) is 13.8 Å². The highest BCUT2D eigenvalue weighted by Gasteiger charge is 2.58. The Morgan fingerprint density at radius 3 is 2.55 bits per heavy atom.